The SMILES string of the molecule is CC(C)CCCCCCCCCCCC=CC(O)C(COC1OC(CO)C(O)C(O)C1O)NC(=O)C(O)CCCCCCCCCCCCC(C)C. The Morgan fingerprint density at radius 2 is 1.10 bits per heavy atom. The summed E-state index contributed by atoms with van der Waals surface area (Å²) in [5.74, 6) is 0.963. The van der Waals surface area contributed by atoms with E-state index in [4.69, 9.17) is 9.47 Å². The molecular weight excluding hydrogens is 662 g/mol. The van der Waals surface area contributed by atoms with Crippen LogP contribution in [0.15, 0.2) is 12.2 Å². The quantitative estimate of drug-likeness (QED) is 0.0281. The van der Waals surface area contributed by atoms with Crippen LogP contribution in [-0.4, -0.2) is 98.7 Å². The Bertz CT molecular complexity index is 870. The second-order valence-electron chi connectivity index (χ2n) is 16.2. The Labute approximate surface area is 317 Å². The maximum absolute atomic E-state index is 13.0. The van der Waals surface area contributed by atoms with Crippen LogP contribution < -0.4 is 5.32 Å². The highest BCUT2D eigenvalue weighted by atomic mass is 16.7. The first-order valence-electron chi connectivity index (χ1n) is 21.2. The normalized spacial score (nSPS) is 22.7. The lowest BCUT2D eigenvalue weighted by Crippen LogP contribution is -2.60. The van der Waals surface area contributed by atoms with Crippen LogP contribution in [0.2, 0.25) is 0 Å². The molecule has 1 aliphatic rings. The molecule has 0 saturated carbocycles. The number of unbranched alkanes of at least 4 members (excludes halogenated alkanes) is 18. The predicted molar refractivity (Wildman–Crippen MR) is 209 cm³/mol. The first-order chi connectivity index (χ1) is 25.0. The van der Waals surface area contributed by atoms with Crippen molar-refractivity contribution < 1.29 is 44.9 Å². The van der Waals surface area contributed by atoms with E-state index in [1.165, 1.54) is 96.3 Å². The zero-order chi connectivity index (χ0) is 38.6. The summed E-state index contributed by atoms with van der Waals surface area (Å²) in [5.41, 5.74) is 0. The van der Waals surface area contributed by atoms with Gasteiger partial charge in [0.15, 0.2) is 6.29 Å². The van der Waals surface area contributed by atoms with Crippen LogP contribution in [0.1, 0.15) is 175 Å². The molecule has 0 aromatic carbocycles. The number of rotatable bonds is 33. The van der Waals surface area contributed by atoms with E-state index in [2.05, 4.69) is 33.0 Å². The Kier molecular flexibility index (Phi) is 29.3. The van der Waals surface area contributed by atoms with Crippen LogP contribution >= 0.6 is 0 Å². The summed E-state index contributed by atoms with van der Waals surface area (Å²) in [6.45, 7) is 8.21. The number of aliphatic hydroxyl groups is 6. The lowest BCUT2D eigenvalue weighted by molar-refractivity contribution is -0.302. The molecular formula is C42H81NO9. The monoisotopic (exact) mass is 744 g/mol. The molecule has 10 nitrogen and oxygen atoms in total. The van der Waals surface area contributed by atoms with Crippen molar-refractivity contribution in [3.8, 4) is 0 Å². The van der Waals surface area contributed by atoms with Crippen molar-refractivity contribution in [1.82, 2.24) is 5.32 Å². The smallest absolute Gasteiger partial charge is 0.249 e. The third-order valence-electron chi connectivity index (χ3n) is 10.3. The van der Waals surface area contributed by atoms with E-state index in [1.54, 1.807) is 6.08 Å². The van der Waals surface area contributed by atoms with Crippen LogP contribution in [0.4, 0.5) is 0 Å². The van der Waals surface area contributed by atoms with Crippen molar-refractivity contribution in [3.63, 3.8) is 0 Å². The van der Waals surface area contributed by atoms with Crippen LogP contribution in [0, 0.1) is 11.8 Å². The van der Waals surface area contributed by atoms with Gasteiger partial charge in [0.2, 0.25) is 5.91 Å². The minimum Gasteiger partial charge on any atom is -0.394 e. The maximum atomic E-state index is 13.0. The molecule has 52 heavy (non-hydrogen) atoms. The lowest BCUT2D eigenvalue weighted by atomic mass is 9.99. The van der Waals surface area contributed by atoms with E-state index >= 15 is 0 Å². The Morgan fingerprint density at radius 3 is 1.56 bits per heavy atom. The summed E-state index contributed by atoms with van der Waals surface area (Å²) in [5, 5.41) is 64.5. The maximum Gasteiger partial charge on any atom is 0.249 e. The van der Waals surface area contributed by atoms with Crippen molar-refractivity contribution in [1.29, 1.82) is 0 Å². The largest absolute Gasteiger partial charge is 0.394 e. The molecule has 1 saturated heterocycles. The molecule has 0 aromatic rings. The molecule has 8 atom stereocenters. The summed E-state index contributed by atoms with van der Waals surface area (Å²) in [6, 6.07) is -0.975. The van der Waals surface area contributed by atoms with Gasteiger partial charge in [0.05, 0.1) is 25.4 Å². The van der Waals surface area contributed by atoms with Crippen LogP contribution in [0.5, 0.6) is 0 Å². The minimum absolute atomic E-state index is 0.304. The molecule has 0 bridgehead atoms. The van der Waals surface area contributed by atoms with Crippen LogP contribution in [0.3, 0.4) is 0 Å². The topological polar surface area (TPSA) is 169 Å². The average Bonchev–Trinajstić information content (AvgIpc) is 3.11. The second-order valence-corrected chi connectivity index (χ2v) is 16.2. The number of allylic oxidation sites excluding steroid dienone is 1. The lowest BCUT2D eigenvalue weighted by Gasteiger charge is -2.40. The molecule has 308 valence electrons. The van der Waals surface area contributed by atoms with Gasteiger partial charge in [-0.05, 0) is 31.1 Å². The third kappa shape index (κ3) is 23.6. The van der Waals surface area contributed by atoms with Gasteiger partial charge in [0.1, 0.15) is 30.5 Å². The zero-order valence-electron chi connectivity index (χ0n) is 33.5. The van der Waals surface area contributed by atoms with Gasteiger partial charge in [0, 0.05) is 0 Å². The van der Waals surface area contributed by atoms with E-state index in [-0.39, 0.29) is 6.61 Å². The first-order valence-corrected chi connectivity index (χ1v) is 21.2. The number of nitrogens with one attached hydrogen (secondary N) is 1. The summed E-state index contributed by atoms with van der Waals surface area (Å²) in [6.07, 6.45) is 20.3. The van der Waals surface area contributed by atoms with Gasteiger partial charge in [-0.25, -0.2) is 0 Å². The number of aliphatic hydroxyl groups excluding tert-OH is 6. The van der Waals surface area contributed by atoms with Gasteiger partial charge in [-0.3, -0.25) is 4.79 Å². The third-order valence-corrected chi connectivity index (χ3v) is 10.3. The summed E-state index contributed by atoms with van der Waals surface area (Å²) in [7, 11) is 0. The molecule has 10 heteroatoms. The summed E-state index contributed by atoms with van der Waals surface area (Å²) in [4.78, 5) is 13.0. The van der Waals surface area contributed by atoms with Crippen molar-refractivity contribution in [2.24, 2.45) is 11.8 Å². The highest BCUT2D eigenvalue weighted by molar-refractivity contribution is 5.80. The zero-order valence-corrected chi connectivity index (χ0v) is 33.5. The standard InChI is InChI=1S/C42H81NO9/c1-32(2)26-22-18-14-10-6-5-7-12-16-20-24-28-35(45)34(31-51-42-40(49)39(48)38(47)37(30-44)52-42)43-41(50)36(46)29-25-21-17-13-9-8-11-15-19-23-27-33(3)4/h24,28,32-40,42,44-49H,5-23,25-27,29-31H2,1-4H3,(H,43,50). The van der Waals surface area contributed by atoms with Crippen molar-refractivity contribution in [2.75, 3.05) is 13.2 Å². The molecule has 8 unspecified atom stereocenters. The fourth-order valence-electron chi connectivity index (χ4n) is 6.77. The van der Waals surface area contributed by atoms with E-state index in [0.29, 0.717) is 6.42 Å². The molecule has 1 heterocycles. The Balaban J connectivity index is 2.48. The number of carbonyl (C=O) groups is 1. The van der Waals surface area contributed by atoms with Crippen molar-refractivity contribution in [2.45, 2.75) is 224 Å². The highest BCUT2D eigenvalue weighted by Gasteiger charge is 2.44. The fourth-order valence-corrected chi connectivity index (χ4v) is 6.77. The number of amides is 1. The molecule has 1 amide bonds. The van der Waals surface area contributed by atoms with Crippen LogP contribution in [-0.2, 0) is 14.3 Å². The van der Waals surface area contributed by atoms with E-state index in [0.717, 1.165) is 56.8 Å². The minimum atomic E-state index is -1.61. The number of ether oxygens (including phenoxy) is 2. The Morgan fingerprint density at radius 1 is 0.654 bits per heavy atom. The van der Waals surface area contributed by atoms with E-state index in [1.807, 2.05) is 6.08 Å². The molecule has 0 radical (unpaired) electrons. The predicted octanol–water partition coefficient (Wildman–Crippen LogP) is 6.85. The Hall–Kier alpha value is -1.11. The first kappa shape index (κ1) is 48.9. The van der Waals surface area contributed by atoms with Gasteiger partial charge >= 0.3 is 0 Å². The molecule has 0 aliphatic carbocycles. The average molecular weight is 744 g/mol. The number of hydrogen-bond donors (Lipinski definition) is 7. The second kappa shape index (κ2) is 31.1. The highest BCUT2D eigenvalue weighted by Crippen LogP contribution is 2.23. The molecule has 7 N–H and O–H groups in total. The van der Waals surface area contributed by atoms with Crippen molar-refractivity contribution >= 4 is 5.91 Å². The van der Waals surface area contributed by atoms with Gasteiger partial charge in [0.25, 0.3) is 0 Å². The molecule has 1 fully saturated rings. The fraction of sp³-hybridized carbons (Fsp3) is 0.929. The summed E-state index contributed by atoms with van der Waals surface area (Å²) >= 11 is 0. The molecule has 1 aliphatic heterocycles. The summed E-state index contributed by atoms with van der Waals surface area (Å²) < 4.78 is 11.1. The molecule has 0 spiro atoms. The van der Waals surface area contributed by atoms with Gasteiger partial charge < -0.3 is 45.4 Å². The van der Waals surface area contributed by atoms with Gasteiger partial charge in [-0.1, -0.05) is 168 Å². The van der Waals surface area contributed by atoms with E-state index < -0.39 is 61.5 Å². The molecule has 1 rings (SSSR count). The molecule has 0 aromatic heterocycles. The van der Waals surface area contributed by atoms with Gasteiger partial charge in [-0.15, -0.1) is 0 Å². The van der Waals surface area contributed by atoms with E-state index in [9.17, 15) is 35.4 Å². The number of carbonyl (C=O) groups excluding carboxylic acids is 1. The van der Waals surface area contributed by atoms with Crippen LogP contribution in [0.25, 0.3) is 0 Å². The van der Waals surface area contributed by atoms with Gasteiger partial charge in [-0.2, -0.15) is 0 Å². The van der Waals surface area contributed by atoms with Crippen molar-refractivity contribution in [3.05, 3.63) is 12.2 Å². The number of hydrogen-bond acceptors (Lipinski definition) is 9.